The maximum atomic E-state index is 10.7. The van der Waals surface area contributed by atoms with Crippen molar-refractivity contribution in [3.63, 3.8) is 0 Å². The topological polar surface area (TPSA) is 66.6 Å². The average molecular weight is 252 g/mol. The standard InChI is InChI=1S/C13H20N2O3/c1-9(2)5-6-15(10-3-4-10)8-11-7-12(13(16)17)14-18-11/h7,9-10H,3-6,8H2,1-2H3,(H,16,17). The molecule has 100 valence electrons. The Balaban J connectivity index is 1.92. The van der Waals surface area contributed by atoms with E-state index < -0.39 is 5.97 Å². The van der Waals surface area contributed by atoms with Gasteiger partial charge in [0, 0.05) is 12.1 Å². The number of aromatic carboxylic acids is 1. The van der Waals surface area contributed by atoms with Crippen LogP contribution in [0.15, 0.2) is 10.6 Å². The van der Waals surface area contributed by atoms with Gasteiger partial charge in [-0.2, -0.15) is 0 Å². The third-order valence-electron chi connectivity index (χ3n) is 3.19. The second-order valence-electron chi connectivity index (χ2n) is 5.37. The maximum absolute atomic E-state index is 10.7. The summed E-state index contributed by atoms with van der Waals surface area (Å²) in [6, 6.07) is 2.16. The minimum Gasteiger partial charge on any atom is -0.476 e. The summed E-state index contributed by atoms with van der Waals surface area (Å²) < 4.78 is 5.07. The molecule has 1 aliphatic carbocycles. The molecule has 1 heterocycles. The molecule has 0 bridgehead atoms. The van der Waals surface area contributed by atoms with Gasteiger partial charge in [-0.15, -0.1) is 0 Å². The van der Waals surface area contributed by atoms with Crippen LogP contribution >= 0.6 is 0 Å². The number of aromatic nitrogens is 1. The van der Waals surface area contributed by atoms with Gasteiger partial charge >= 0.3 is 5.97 Å². The van der Waals surface area contributed by atoms with Crippen LogP contribution < -0.4 is 0 Å². The Morgan fingerprint density at radius 1 is 1.61 bits per heavy atom. The molecule has 1 saturated carbocycles. The number of rotatable bonds is 7. The van der Waals surface area contributed by atoms with Gasteiger partial charge in [-0.1, -0.05) is 19.0 Å². The normalized spacial score (nSPS) is 15.6. The first-order valence-corrected chi connectivity index (χ1v) is 6.49. The van der Waals surface area contributed by atoms with E-state index >= 15 is 0 Å². The second kappa shape index (κ2) is 5.52. The Labute approximate surface area is 107 Å². The van der Waals surface area contributed by atoms with Crippen LogP contribution in [0.4, 0.5) is 0 Å². The van der Waals surface area contributed by atoms with Crippen molar-refractivity contribution >= 4 is 5.97 Å². The van der Waals surface area contributed by atoms with Gasteiger partial charge < -0.3 is 9.63 Å². The number of carboxylic acid groups (broad SMARTS) is 1. The Morgan fingerprint density at radius 2 is 2.33 bits per heavy atom. The van der Waals surface area contributed by atoms with Crippen molar-refractivity contribution in [2.45, 2.75) is 45.7 Å². The highest BCUT2D eigenvalue weighted by Gasteiger charge is 2.29. The molecule has 18 heavy (non-hydrogen) atoms. The number of nitrogens with zero attached hydrogens (tertiary/aromatic N) is 2. The quantitative estimate of drug-likeness (QED) is 0.807. The summed E-state index contributed by atoms with van der Waals surface area (Å²) >= 11 is 0. The molecular formula is C13H20N2O3. The van der Waals surface area contributed by atoms with E-state index in [1.54, 1.807) is 0 Å². The number of carboxylic acids is 1. The molecular weight excluding hydrogens is 232 g/mol. The fourth-order valence-electron chi connectivity index (χ4n) is 1.94. The van der Waals surface area contributed by atoms with E-state index in [-0.39, 0.29) is 5.69 Å². The monoisotopic (exact) mass is 252 g/mol. The van der Waals surface area contributed by atoms with Crippen LogP contribution in [-0.4, -0.2) is 33.7 Å². The van der Waals surface area contributed by atoms with Crippen molar-refractivity contribution in [1.82, 2.24) is 10.1 Å². The van der Waals surface area contributed by atoms with Crippen molar-refractivity contribution in [2.75, 3.05) is 6.54 Å². The van der Waals surface area contributed by atoms with Gasteiger partial charge in [-0.25, -0.2) is 4.79 Å². The van der Waals surface area contributed by atoms with E-state index in [2.05, 4.69) is 23.9 Å². The first kappa shape index (κ1) is 13.1. The van der Waals surface area contributed by atoms with E-state index in [4.69, 9.17) is 9.63 Å². The molecule has 1 fully saturated rings. The molecule has 0 saturated heterocycles. The first-order chi connectivity index (χ1) is 8.56. The number of hydrogen-bond donors (Lipinski definition) is 1. The minimum absolute atomic E-state index is 0.00962. The lowest BCUT2D eigenvalue weighted by Crippen LogP contribution is -2.27. The molecule has 1 aliphatic rings. The number of hydrogen-bond acceptors (Lipinski definition) is 4. The van der Waals surface area contributed by atoms with Crippen LogP contribution in [0.3, 0.4) is 0 Å². The summed E-state index contributed by atoms with van der Waals surface area (Å²) in [6.45, 7) is 6.12. The smallest absolute Gasteiger partial charge is 0.358 e. The fourth-order valence-corrected chi connectivity index (χ4v) is 1.94. The molecule has 1 N–H and O–H groups in total. The van der Waals surface area contributed by atoms with Crippen molar-refractivity contribution in [2.24, 2.45) is 5.92 Å². The summed E-state index contributed by atoms with van der Waals surface area (Å²) in [5.74, 6) is 0.281. The Bertz CT molecular complexity index is 410. The molecule has 0 unspecified atom stereocenters. The van der Waals surface area contributed by atoms with Crippen LogP contribution in [0.2, 0.25) is 0 Å². The van der Waals surface area contributed by atoms with Crippen LogP contribution in [0.5, 0.6) is 0 Å². The predicted molar refractivity (Wildman–Crippen MR) is 66.3 cm³/mol. The van der Waals surface area contributed by atoms with Crippen molar-refractivity contribution < 1.29 is 14.4 Å². The van der Waals surface area contributed by atoms with Gasteiger partial charge in [0.2, 0.25) is 0 Å². The summed E-state index contributed by atoms with van der Waals surface area (Å²) in [5, 5.41) is 12.3. The lowest BCUT2D eigenvalue weighted by atomic mass is 10.1. The zero-order chi connectivity index (χ0) is 13.1. The summed E-state index contributed by atoms with van der Waals surface area (Å²) in [4.78, 5) is 13.1. The summed E-state index contributed by atoms with van der Waals surface area (Å²) in [5.41, 5.74) is -0.00962. The average Bonchev–Trinajstić information content (AvgIpc) is 3.03. The third kappa shape index (κ3) is 3.57. The van der Waals surface area contributed by atoms with E-state index in [0.717, 1.165) is 13.0 Å². The van der Waals surface area contributed by atoms with Gasteiger partial charge in [-0.05, 0) is 31.7 Å². The van der Waals surface area contributed by atoms with E-state index in [1.807, 2.05) is 0 Å². The molecule has 5 nitrogen and oxygen atoms in total. The van der Waals surface area contributed by atoms with Crippen LogP contribution in [0.25, 0.3) is 0 Å². The van der Waals surface area contributed by atoms with Crippen LogP contribution in [-0.2, 0) is 6.54 Å². The van der Waals surface area contributed by atoms with Crippen LogP contribution in [0, 0.1) is 5.92 Å². The molecule has 2 rings (SSSR count). The lowest BCUT2D eigenvalue weighted by molar-refractivity contribution is 0.0685. The SMILES string of the molecule is CC(C)CCN(Cc1cc(C(=O)O)no1)C1CC1. The van der Waals surface area contributed by atoms with Crippen molar-refractivity contribution in [1.29, 1.82) is 0 Å². The molecule has 0 spiro atoms. The van der Waals surface area contributed by atoms with Gasteiger partial charge in [-0.3, -0.25) is 4.90 Å². The predicted octanol–water partition coefficient (Wildman–Crippen LogP) is 2.38. The molecule has 0 amide bonds. The first-order valence-electron chi connectivity index (χ1n) is 6.49. The Hall–Kier alpha value is -1.36. The van der Waals surface area contributed by atoms with E-state index in [0.29, 0.717) is 24.3 Å². The van der Waals surface area contributed by atoms with Gasteiger partial charge in [0.25, 0.3) is 0 Å². The largest absolute Gasteiger partial charge is 0.476 e. The molecule has 0 aliphatic heterocycles. The highest BCUT2D eigenvalue weighted by atomic mass is 16.5. The number of carbonyl (C=O) groups is 1. The Morgan fingerprint density at radius 3 is 2.83 bits per heavy atom. The van der Waals surface area contributed by atoms with Crippen molar-refractivity contribution in [3.05, 3.63) is 17.5 Å². The van der Waals surface area contributed by atoms with Crippen molar-refractivity contribution in [3.8, 4) is 0 Å². The Kier molecular flexibility index (Phi) is 4.01. The van der Waals surface area contributed by atoms with Gasteiger partial charge in [0.05, 0.1) is 6.54 Å². The highest BCUT2D eigenvalue weighted by Crippen LogP contribution is 2.29. The fraction of sp³-hybridized carbons (Fsp3) is 0.692. The van der Waals surface area contributed by atoms with Gasteiger partial charge in [0.1, 0.15) is 0 Å². The van der Waals surface area contributed by atoms with E-state index in [9.17, 15) is 4.79 Å². The zero-order valence-electron chi connectivity index (χ0n) is 10.9. The molecule has 0 radical (unpaired) electrons. The van der Waals surface area contributed by atoms with E-state index in [1.165, 1.54) is 18.9 Å². The molecule has 0 aromatic carbocycles. The highest BCUT2D eigenvalue weighted by molar-refractivity contribution is 5.85. The maximum Gasteiger partial charge on any atom is 0.358 e. The molecule has 1 aromatic heterocycles. The van der Waals surface area contributed by atoms with Crippen LogP contribution in [0.1, 0.15) is 49.4 Å². The third-order valence-corrected chi connectivity index (χ3v) is 3.19. The molecule has 1 aromatic rings. The van der Waals surface area contributed by atoms with Gasteiger partial charge in [0.15, 0.2) is 11.5 Å². The summed E-state index contributed by atoms with van der Waals surface area (Å²) in [7, 11) is 0. The summed E-state index contributed by atoms with van der Waals surface area (Å²) in [6.07, 6.45) is 3.62. The second-order valence-corrected chi connectivity index (χ2v) is 5.37. The lowest BCUT2D eigenvalue weighted by Gasteiger charge is -2.21. The minimum atomic E-state index is -1.04. The molecule has 0 atom stereocenters. The molecule has 5 heteroatoms. The zero-order valence-corrected chi connectivity index (χ0v) is 10.9.